The third-order valence-electron chi connectivity index (χ3n) is 1.38. The number of ether oxygens (including phenoxy) is 1. The van der Waals surface area contributed by atoms with Crippen LogP contribution in [0.1, 0.15) is 25.0 Å². The molecular formula is C8H14N2OS. The summed E-state index contributed by atoms with van der Waals surface area (Å²) in [5.41, 5.74) is 5.55. The maximum Gasteiger partial charge on any atom is 0.123 e. The molecule has 0 spiro atoms. The number of hydrogen-bond donors (Lipinski definition) is 1. The Morgan fingerprint density at radius 2 is 2.42 bits per heavy atom. The van der Waals surface area contributed by atoms with Crippen LogP contribution in [0.2, 0.25) is 0 Å². The number of aromatic nitrogens is 1. The summed E-state index contributed by atoms with van der Waals surface area (Å²) >= 11 is 1.58. The van der Waals surface area contributed by atoms with Crippen molar-refractivity contribution in [2.45, 2.75) is 26.1 Å². The van der Waals surface area contributed by atoms with E-state index in [4.69, 9.17) is 10.5 Å². The Balaban J connectivity index is 2.57. The molecule has 0 aromatic carbocycles. The van der Waals surface area contributed by atoms with E-state index in [1.54, 1.807) is 17.5 Å². The zero-order chi connectivity index (χ0) is 8.97. The summed E-state index contributed by atoms with van der Waals surface area (Å²) in [5.74, 6) is 0. The van der Waals surface area contributed by atoms with E-state index < -0.39 is 0 Å². The van der Waals surface area contributed by atoms with Crippen LogP contribution in [0.15, 0.2) is 11.6 Å². The highest BCUT2D eigenvalue weighted by molar-refractivity contribution is 7.09. The second kappa shape index (κ2) is 4.54. The summed E-state index contributed by atoms with van der Waals surface area (Å²) in [5, 5.41) is 2.90. The second-order valence-electron chi connectivity index (χ2n) is 2.78. The predicted molar refractivity (Wildman–Crippen MR) is 50.1 cm³/mol. The highest BCUT2D eigenvalue weighted by Gasteiger charge is 2.13. The van der Waals surface area contributed by atoms with Gasteiger partial charge >= 0.3 is 0 Å². The number of nitrogens with zero attached hydrogens (tertiary/aromatic N) is 1. The van der Waals surface area contributed by atoms with Gasteiger partial charge in [-0.2, -0.15) is 0 Å². The molecule has 68 valence electrons. The highest BCUT2D eigenvalue weighted by Crippen LogP contribution is 2.19. The van der Waals surface area contributed by atoms with E-state index in [1.165, 1.54) is 0 Å². The summed E-state index contributed by atoms with van der Waals surface area (Å²) < 4.78 is 5.57. The van der Waals surface area contributed by atoms with E-state index in [0.29, 0.717) is 6.54 Å². The highest BCUT2D eigenvalue weighted by atomic mass is 32.1. The SMILES string of the molecule is CC(C)OC(CN)c1nccs1. The van der Waals surface area contributed by atoms with E-state index in [2.05, 4.69) is 4.98 Å². The predicted octanol–water partition coefficient (Wildman–Crippen LogP) is 1.57. The van der Waals surface area contributed by atoms with Gasteiger partial charge in [0.1, 0.15) is 11.1 Å². The fourth-order valence-corrected chi connectivity index (χ4v) is 1.62. The molecule has 0 aliphatic rings. The van der Waals surface area contributed by atoms with Gasteiger partial charge in [-0.3, -0.25) is 0 Å². The van der Waals surface area contributed by atoms with Gasteiger partial charge in [0.2, 0.25) is 0 Å². The molecule has 0 saturated carbocycles. The molecule has 0 fully saturated rings. The number of nitrogens with two attached hydrogens (primary N) is 1. The van der Waals surface area contributed by atoms with Crippen molar-refractivity contribution in [2.24, 2.45) is 5.73 Å². The summed E-state index contributed by atoms with van der Waals surface area (Å²) in [6, 6.07) is 0. The number of thiazole rings is 1. The summed E-state index contributed by atoms with van der Waals surface area (Å²) in [6.07, 6.45) is 1.93. The monoisotopic (exact) mass is 186 g/mol. The minimum absolute atomic E-state index is 0.0370. The minimum Gasteiger partial charge on any atom is -0.367 e. The Hall–Kier alpha value is -0.450. The minimum atomic E-state index is -0.0370. The van der Waals surface area contributed by atoms with E-state index in [0.717, 1.165) is 5.01 Å². The van der Waals surface area contributed by atoms with Gasteiger partial charge in [0.05, 0.1) is 6.10 Å². The molecule has 1 aromatic heterocycles. The van der Waals surface area contributed by atoms with Gasteiger partial charge in [-0.15, -0.1) is 11.3 Å². The van der Waals surface area contributed by atoms with Crippen molar-refractivity contribution >= 4 is 11.3 Å². The molecule has 1 rings (SSSR count). The van der Waals surface area contributed by atoms with Crippen LogP contribution in [0.25, 0.3) is 0 Å². The van der Waals surface area contributed by atoms with Crippen molar-refractivity contribution in [1.29, 1.82) is 0 Å². The molecule has 1 aromatic rings. The fraction of sp³-hybridized carbons (Fsp3) is 0.625. The first-order valence-electron chi connectivity index (χ1n) is 3.99. The summed E-state index contributed by atoms with van der Waals surface area (Å²) in [6.45, 7) is 4.48. The van der Waals surface area contributed by atoms with Gasteiger partial charge in [-0.05, 0) is 13.8 Å². The fourth-order valence-electron chi connectivity index (χ4n) is 0.937. The van der Waals surface area contributed by atoms with Crippen LogP contribution in [0.5, 0.6) is 0 Å². The topological polar surface area (TPSA) is 48.1 Å². The van der Waals surface area contributed by atoms with Crippen molar-refractivity contribution < 1.29 is 4.74 Å². The molecule has 0 aliphatic carbocycles. The molecule has 0 bridgehead atoms. The zero-order valence-electron chi connectivity index (χ0n) is 7.36. The smallest absolute Gasteiger partial charge is 0.123 e. The lowest BCUT2D eigenvalue weighted by molar-refractivity contribution is 0.0118. The Bertz CT molecular complexity index is 211. The van der Waals surface area contributed by atoms with Crippen molar-refractivity contribution in [3.63, 3.8) is 0 Å². The Kier molecular flexibility index (Phi) is 3.65. The van der Waals surface area contributed by atoms with Gasteiger partial charge < -0.3 is 10.5 Å². The maximum atomic E-state index is 5.57. The van der Waals surface area contributed by atoms with Crippen molar-refractivity contribution in [1.82, 2.24) is 4.98 Å². The summed E-state index contributed by atoms with van der Waals surface area (Å²) in [7, 11) is 0. The molecule has 1 unspecified atom stereocenters. The standard InChI is InChI=1S/C8H14N2OS/c1-6(2)11-7(5-9)8-10-3-4-12-8/h3-4,6-7H,5,9H2,1-2H3. The van der Waals surface area contributed by atoms with Gasteiger partial charge in [-0.25, -0.2) is 4.98 Å². The van der Waals surface area contributed by atoms with Crippen molar-refractivity contribution in [3.8, 4) is 0 Å². The quantitative estimate of drug-likeness (QED) is 0.776. The van der Waals surface area contributed by atoms with Gasteiger partial charge in [0, 0.05) is 18.1 Å². The van der Waals surface area contributed by atoms with E-state index in [-0.39, 0.29) is 12.2 Å². The zero-order valence-corrected chi connectivity index (χ0v) is 8.17. The normalized spacial score (nSPS) is 13.7. The lowest BCUT2D eigenvalue weighted by Crippen LogP contribution is -2.19. The van der Waals surface area contributed by atoms with Crippen LogP contribution >= 0.6 is 11.3 Å². The van der Waals surface area contributed by atoms with Crippen LogP contribution < -0.4 is 5.73 Å². The molecule has 1 heterocycles. The van der Waals surface area contributed by atoms with Gasteiger partial charge in [0.25, 0.3) is 0 Å². The molecule has 0 aliphatic heterocycles. The molecule has 2 N–H and O–H groups in total. The van der Waals surface area contributed by atoms with Crippen LogP contribution in [-0.2, 0) is 4.74 Å². The van der Waals surface area contributed by atoms with E-state index >= 15 is 0 Å². The second-order valence-corrected chi connectivity index (χ2v) is 3.71. The lowest BCUT2D eigenvalue weighted by Gasteiger charge is -2.15. The first kappa shape index (κ1) is 9.64. The van der Waals surface area contributed by atoms with E-state index in [1.807, 2.05) is 19.2 Å². The number of rotatable bonds is 4. The average molecular weight is 186 g/mol. The summed E-state index contributed by atoms with van der Waals surface area (Å²) in [4.78, 5) is 4.15. The first-order chi connectivity index (χ1) is 5.74. The molecular weight excluding hydrogens is 172 g/mol. The van der Waals surface area contributed by atoms with Gasteiger partial charge in [0.15, 0.2) is 0 Å². The van der Waals surface area contributed by atoms with Crippen molar-refractivity contribution in [3.05, 3.63) is 16.6 Å². The molecule has 12 heavy (non-hydrogen) atoms. The van der Waals surface area contributed by atoms with E-state index in [9.17, 15) is 0 Å². The molecule has 3 nitrogen and oxygen atoms in total. The Morgan fingerprint density at radius 3 is 2.83 bits per heavy atom. The molecule has 0 saturated heterocycles. The Morgan fingerprint density at radius 1 is 1.67 bits per heavy atom. The van der Waals surface area contributed by atoms with Crippen LogP contribution in [-0.4, -0.2) is 17.6 Å². The largest absolute Gasteiger partial charge is 0.367 e. The van der Waals surface area contributed by atoms with Crippen molar-refractivity contribution in [2.75, 3.05) is 6.54 Å². The first-order valence-corrected chi connectivity index (χ1v) is 4.87. The van der Waals surface area contributed by atoms with Gasteiger partial charge in [-0.1, -0.05) is 0 Å². The third-order valence-corrected chi connectivity index (χ3v) is 2.24. The molecule has 1 atom stereocenters. The number of hydrogen-bond acceptors (Lipinski definition) is 4. The average Bonchev–Trinajstić information content (AvgIpc) is 2.51. The van der Waals surface area contributed by atoms with Crippen LogP contribution in [0.3, 0.4) is 0 Å². The Labute approximate surface area is 76.6 Å². The maximum absolute atomic E-state index is 5.57. The molecule has 4 heteroatoms. The molecule has 0 radical (unpaired) electrons. The lowest BCUT2D eigenvalue weighted by atomic mass is 10.3. The van der Waals surface area contributed by atoms with Crippen LogP contribution in [0, 0.1) is 0 Å². The molecule has 0 amide bonds. The van der Waals surface area contributed by atoms with Crippen LogP contribution in [0.4, 0.5) is 0 Å². The third kappa shape index (κ3) is 2.55.